The van der Waals surface area contributed by atoms with Crippen molar-refractivity contribution in [2.24, 2.45) is 5.92 Å². The summed E-state index contributed by atoms with van der Waals surface area (Å²) >= 11 is 13.9. The highest BCUT2D eigenvalue weighted by Crippen LogP contribution is 2.38. The van der Waals surface area contributed by atoms with E-state index in [0.717, 1.165) is 25.2 Å². The molecule has 2 atom stereocenters. The van der Waals surface area contributed by atoms with E-state index in [2.05, 4.69) is 9.72 Å². The predicted molar refractivity (Wildman–Crippen MR) is 151 cm³/mol. The van der Waals surface area contributed by atoms with E-state index < -0.39 is 30.0 Å². The summed E-state index contributed by atoms with van der Waals surface area (Å²) in [6, 6.07) is 9.16. The molecule has 222 valence electrons. The van der Waals surface area contributed by atoms with Crippen molar-refractivity contribution in [3.8, 4) is 11.5 Å². The summed E-state index contributed by atoms with van der Waals surface area (Å²) in [5.74, 6) is -0.405. The third-order valence-electron chi connectivity index (χ3n) is 6.67. The van der Waals surface area contributed by atoms with Crippen LogP contribution in [0.3, 0.4) is 0 Å². The van der Waals surface area contributed by atoms with E-state index in [0.29, 0.717) is 40.7 Å². The molecule has 3 aromatic rings. The quantitative estimate of drug-likeness (QED) is 0.155. The first-order valence-corrected chi connectivity index (χ1v) is 14.8. The molecule has 2 fully saturated rings. The van der Waals surface area contributed by atoms with Crippen molar-refractivity contribution in [1.82, 2.24) is 9.88 Å². The third kappa shape index (κ3) is 7.34. The molecule has 1 aliphatic heterocycles. The van der Waals surface area contributed by atoms with Crippen LogP contribution in [-0.2, 0) is 16.0 Å². The van der Waals surface area contributed by atoms with E-state index in [9.17, 15) is 23.6 Å². The molecule has 14 heteroatoms. The minimum atomic E-state index is -3.07. The first-order chi connectivity index (χ1) is 20.2. The predicted octanol–water partition coefficient (Wildman–Crippen LogP) is 5.45. The fraction of sp³-hybridized carbons (Fsp3) is 0.357. The van der Waals surface area contributed by atoms with Gasteiger partial charge in [-0.2, -0.15) is 13.5 Å². The minimum absolute atomic E-state index is 0.0450. The lowest BCUT2D eigenvalue weighted by Gasteiger charge is -2.26. The second-order valence-electron chi connectivity index (χ2n) is 9.70. The van der Waals surface area contributed by atoms with Gasteiger partial charge in [-0.3, -0.25) is 9.78 Å². The van der Waals surface area contributed by atoms with Crippen LogP contribution < -0.4 is 14.2 Å². The normalized spacial score (nSPS) is 17.3. The van der Waals surface area contributed by atoms with Gasteiger partial charge in [0.1, 0.15) is 21.8 Å². The van der Waals surface area contributed by atoms with Crippen LogP contribution in [0.25, 0.3) is 0 Å². The summed E-state index contributed by atoms with van der Waals surface area (Å²) in [6.45, 7) is -2.45. The topological polar surface area (TPSA) is 105 Å². The van der Waals surface area contributed by atoms with Gasteiger partial charge in [-0.15, -0.1) is 11.8 Å². The SMILES string of the molecule is O=C(O[C@@H](Cc1c(Cl)c[n+]([O-])cc1Cl)c1ccc(OC(F)F)c(OCC2CC2)c1)C1SCCN1C(=O)c1ccccn1. The Morgan fingerprint density at radius 1 is 1.14 bits per heavy atom. The molecule has 1 unspecified atom stereocenters. The monoisotopic (exact) mass is 639 g/mol. The van der Waals surface area contributed by atoms with Crippen molar-refractivity contribution < 1.29 is 37.3 Å². The van der Waals surface area contributed by atoms with Gasteiger partial charge < -0.3 is 24.3 Å². The molecular formula is C28H25Cl2F2N3O6S. The molecule has 0 radical (unpaired) electrons. The average Bonchev–Trinajstić information content (AvgIpc) is 3.66. The van der Waals surface area contributed by atoms with Gasteiger partial charge in [0, 0.05) is 30.5 Å². The number of carbonyl (C=O) groups excluding carboxylic acids is 2. The van der Waals surface area contributed by atoms with Crippen LogP contribution in [0.5, 0.6) is 11.5 Å². The number of hydrogen-bond acceptors (Lipinski definition) is 8. The summed E-state index contributed by atoms with van der Waals surface area (Å²) in [4.78, 5) is 32.2. The van der Waals surface area contributed by atoms with E-state index in [4.69, 9.17) is 32.7 Å². The zero-order valence-electron chi connectivity index (χ0n) is 22.0. The summed E-state index contributed by atoms with van der Waals surface area (Å²) in [7, 11) is 0. The fourth-order valence-corrected chi connectivity index (χ4v) is 6.07. The van der Waals surface area contributed by atoms with Crippen LogP contribution in [0.15, 0.2) is 55.0 Å². The van der Waals surface area contributed by atoms with Crippen molar-refractivity contribution in [1.29, 1.82) is 0 Å². The van der Waals surface area contributed by atoms with Crippen LogP contribution in [0.4, 0.5) is 8.78 Å². The second kappa shape index (κ2) is 13.3. The Morgan fingerprint density at radius 3 is 2.57 bits per heavy atom. The number of alkyl halides is 2. The summed E-state index contributed by atoms with van der Waals surface area (Å²) in [6.07, 6.45) is 4.56. The lowest BCUT2D eigenvalue weighted by Crippen LogP contribution is -2.41. The molecule has 0 N–H and O–H groups in total. The number of carbonyl (C=O) groups is 2. The first-order valence-electron chi connectivity index (χ1n) is 13.0. The Balaban J connectivity index is 1.45. The van der Waals surface area contributed by atoms with E-state index in [1.807, 2.05) is 0 Å². The zero-order valence-corrected chi connectivity index (χ0v) is 24.3. The van der Waals surface area contributed by atoms with Crippen molar-refractivity contribution in [2.75, 3.05) is 18.9 Å². The molecule has 0 spiro atoms. The molecule has 2 aliphatic rings. The van der Waals surface area contributed by atoms with Crippen molar-refractivity contribution in [3.63, 3.8) is 0 Å². The number of halogens is 4. The highest BCUT2D eigenvalue weighted by atomic mass is 35.5. The standard InChI is InChI=1S/C28H25Cl2F2N3O6S/c29-19-13-34(38)14-20(30)18(19)12-23(17-6-7-22(41-28(31)32)24(11-17)39-15-16-4-5-16)40-27(37)26-35(9-10-42-26)25(36)21-3-1-2-8-33-21/h1-3,6-8,11,13-14,16,23,26,28H,4-5,9-10,12,15H2/t23-,26?/m0/s1. The maximum atomic E-state index is 13.6. The largest absolute Gasteiger partial charge is 0.619 e. The van der Waals surface area contributed by atoms with Crippen molar-refractivity contribution in [2.45, 2.75) is 37.4 Å². The Hall–Kier alpha value is -3.35. The van der Waals surface area contributed by atoms with Crippen LogP contribution in [0.1, 0.15) is 40.6 Å². The number of pyridine rings is 2. The maximum Gasteiger partial charge on any atom is 0.387 e. The van der Waals surface area contributed by atoms with Crippen molar-refractivity contribution in [3.05, 3.63) is 87.1 Å². The van der Waals surface area contributed by atoms with Gasteiger partial charge in [0.25, 0.3) is 5.91 Å². The number of aromatic nitrogens is 2. The van der Waals surface area contributed by atoms with E-state index in [1.54, 1.807) is 18.2 Å². The first kappa shape index (κ1) is 30.1. The number of ether oxygens (including phenoxy) is 3. The number of benzene rings is 1. The zero-order chi connectivity index (χ0) is 29.8. The van der Waals surface area contributed by atoms with Gasteiger partial charge in [-0.05, 0) is 48.6 Å². The van der Waals surface area contributed by atoms with Crippen LogP contribution in [0, 0.1) is 11.1 Å². The summed E-state index contributed by atoms with van der Waals surface area (Å²) < 4.78 is 43.1. The number of esters is 1. The molecular weight excluding hydrogens is 615 g/mol. The molecule has 9 nitrogen and oxygen atoms in total. The molecule has 1 aromatic carbocycles. The Labute approximate surface area is 254 Å². The van der Waals surface area contributed by atoms with Crippen LogP contribution in [0.2, 0.25) is 10.0 Å². The van der Waals surface area contributed by atoms with Crippen LogP contribution >= 0.6 is 35.0 Å². The molecule has 0 bridgehead atoms. The van der Waals surface area contributed by atoms with Crippen molar-refractivity contribution >= 4 is 46.8 Å². The molecule has 1 saturated heterocycles. The number of thioether (sulfide) groups is 1. The number of rotatable bonds is 11. The fourth-order valence-electron chi connectivity index (χ4n) is 4.37. The molecule has 2 aromatic heterocycles. The molecule has 1 saturated carbocycles. The van der Waals surface area contributed by atoms with E-state index >= 15 is 0 Å². The smallest absolute Gasteiger partial charge is 0.387 e. The van der Waals surface area contributed by atoms with Gasteiger partial charge in [0.05, 0.1) is 6.61 Å². The van der Waals surface area contributed by atoms with E-state index in [1.165, 1.54) is 41.1 Å². The van der Waals surface area contributed by atoms with Gasteiger partial charge in [0.15, 0.2) is 29.3 Å². The van der Waals surface area contributed by atoms with Gasteiger partial charge in [-0.1, -0.05) is 35.3 Å². The second-order valence-corrected chi connectivity index (χ2v) is 11.7. The lowest BCUT2D eigenvalue weighted by atomic mass is 10.0. The summed E-state index contributed by atoms with van der Waals surface area (Å²) in [5.41, 5.74) is 0.902. The van der Waals surface area contributed by atoms with E-state index in [-0.39, 0.29) is 33.7 Å². The minimum Gasteiger partial charge on any atom is -0.619 e. The van der Waals surface area contributed by atoms with Gasteiger partial charge >= 0.3 is 12.6 Å². The number of hydrogen-bond donors (Lipinski definition) is 0. The number of nitrogens with zero attached hydrogens (tertiary/aromatic N) is 3. The average molecular weight is 640 g/mol. The molecule has 1 aliphatic carbocycles. The number of amides is 1. The third-order valence-corrected chi connectivity index (χ3v) is 8.50. The van der Waals surface area contributed by atoms with Crippen LogP contribution in [-0.4, -0.2) is 52.7 Å². The Morgan fingerprint density at radius 2 is 1.90 bits per heavy atom. The highest BCUT2D eigenvalue weighted by Gasteiger charge is 2.38. The Kier molecular flexibility index (Phi) is 9.54. The van der Waals surface area contributed by atoms with Gasteiger partial charge in [-0.25, -0.2) is 4.79 Å². The lowest BCUT2D eigenvalue weighted by molar-refractivity contribution is -0.605. The van der Waals surface area contributed by atoms with Gasteiger partial charge in [0.2, 0.25) is 0 Å². The maximum absolute atomic E-state index is 13.6. The molecule has 5 rings (SSSR count). The Bertz CT molecular complexity index is 1430. The summed E-state index contributed by atoms with van der Waals surface area (Å²) in [5, 5.41) is 10.9. The molecule has 1 amide bonds. The molecule has 3 heterocycles. The molecule has 42 heavy (non-hydrogen) atoms. The highest BCUT2D eigenvalue weighted by molar-refractivity contribution is 8.00.